The first kappa shape index (κ1) is 55.3. The first-order valence-electron chi connectivity index (χ1n) is 24.5. The first-order chi connectivity index (χ1) is 28.0. The summed E-state index contributed by atoms with van der Waals surface area (Å²) in [5.74, 6) is -0.611. The molecule has 6 heteroatoms. The number of aliphatic hydroxyl groups is 4. The van der Waals surface area contributed by atoms with E-state index in [0.29, 0.717) is 19.3 Å². The van der Waals surface area contributed by atoms with Crippen LogP contribution in [0, 0.1) is 0 Å². The zero-order chi connectivity index (χ0) is 41.7. The van der Waals surface area contributed by atoms with Gasteiger partial charge in [0.2, 0.25) is 5.91 Å². The van der Waals surface area contributed by atoms with Crippen LogP contribution < -0.4 is 5.32 Å². The van der Waals surface area contributed by atoms with E-state index in [-0.39, 0.29) is 0 Å². The predicted octanol–water partition coefficient (Wildman–Crippen LogP) is 13.5. The molecule has 0 heterocycles. The summed E-state index contributed by atoms with van der Waals surface area (Å²) in [4.78, 5) is 12.5. The van der Waals surface area contributed by atoms with Crippen molar-refractivity contribution in [2.45, 2.75) is 263 Å². The summed E-state index contributed by atoms with van der Waals surface area (Å²) in [5, 5.41) is 43.6. The van der Waals surface area contributed by atoms with Crippen LogP contribution in [0.3, 0.4) is 0 Å². The van der Waals surface area contributed by atoms with Crippen LogP contribution in [0.25, 0.3) is 0 Å². The van der Waals surface area contributed by atoms with Crippen LogP contribution >= 0.6 is 0 Å². The van der Waals surface area contributed by atoms with Crippen LogP contribution in [0.5, 0.6) is 0 Å². The van der Waals surface area contributed by atoms with Gasteiger partial charge >= 0.3 is 0 Å². The number of allylic oxidation sites excluding steroid dienone is 8. The maximum atomic E-state index is 12.5. The minimum Gasteiger partial charge on any atom is -0.394 e. The fourth-order valence-electron chi connectivity index (χ4n) is 7.31. The molecule has 0 spiro atoms. The first-order valence-corrected chi connectivity index (χ1v) is 24.5. The lowest BCUT2D eigenvalue weighted by molar-refractivity contribution is -0.132. The monoisotopic (exact) mass is 802 g/mol. The molecule has 0 aromatic carbocycles. The number of hydrogen-bond donors (Lipinski definition) is 5. The molecule has 6 nitrogen and oxygen atoms in total. The van der Waals surface area contributed by atoms with Gasteiger partial charge in [-0.25, -0.2) is 0 Å². The maximum Gasteiger partial charge on any atom is 0.249 e. The molecular formula is C51H95NO5. The van der Waals surface area contributed by atoms with Gasteiger partial charge in [0.1, 0.15) is 12.2 Å². The lowest BCUT2D eigenvalue weighted by Crippen LogP contribution is -2.53. The normalized spacial score (nSPS) is 14.4. The number of unbranched alkanes of at least 4 members (excludes halogenated alkanes) is 27. The Hall–Kier alpha value is -1.73. The second-order valence-electron chi connectivity index (χ2n) is 16.8. The number of nitrogens with one attached hydrogen (secondary N) is 1. The highest BCUT2D eigenvalue weighted by Crippen LogP contribution is 2.15. The number of amides is 1. The summed E-state index contributed by atoms with van der Waals surface area (Å²) in [6.07, 6.45) is 56.1. The van der Waals surface area contributed by atoms with Crippen molar-refractivity contribution in [3.63, 3.8) is 0 Å². The summed E-state index contributed by atoms with van der Waals surface area (Å²) < 4.78 is 0. The summed E-state index contributed by atoms with van der Waals surface area (Å²) in [5.41, 5.74) is 0. The quantitative estimate of drug-likeness (QED) is 0.0311. The van der Waals surface area contributed by atoms with Crippen molar-refractivity contribution in [1.29, 1.82) is 0 Å². The third kappa shape index (κ3) is 39.5. The van der Waals surface area contributed by atoms with Crippen LogP contribution in [-0.2, 0) is 4.79 Å². The lowest BCUT2D eigenvalue weighted by atomic mass is 10.00. The second-order valence-corrected chi connectivity index (χ2v) is 16.8. The Morgan fingerprint density at radius 1 is 0.421 bits per heavy atom. The third-order valence-electron chi connectivity index (χ3n) is 11.2. The molecule has 0 aliphatic heterocycles. The largest absolute Gasteiger partial charge is 0.394 e. The molecule has 57 heavy (non-hydrogen) atoms. The lowest BCUT2D eigenvalue weighted by Gasteiger charge is -2.27. The van der Waals surface area contributed by atoms with Crippen LogP contribution in [0.2, 0.25) is 0 Å². The van der Waals surface area contributed by atoms with E-state index in [0.717, 1.165) is 70.6 Å². The van der Waals surface area contributed by atoms with E-state index < -0.39 is 36.9 Å². The average molecular weight is 802 g/mol. The molecule has 0 aliphatic carbocycles. The number of aliphatic hydroxyl groups excluding tert-OH is 4. The summed E-state index contributed by atoms with van der Waals surface area (Å²) >= 11 is 0. The van der Waals surface area contributed by atoms with Crippen LogP contribution in [0.4, 0.5) is 0 Å². The molecule has 1 amide bonds. The molecule has 0 rings (SSSR count). The predicted molar refractivity (Wildman–Crippen MR) is 247 cm³/mol. The molecule has 0 saturated carbocycles. The van der Waals surface area contributed by atoms with Gasteiger partial charge in [0.05, 0.1) is 18.8 Å². The van der Waals surface area contributed by atoms with Gasteiger partial charge in [0.15, 0.2) is 0 Å². The van der Waals surface area contributed by atoms with Gasteiger partial charge < -0.3 is 25.7 Å². The van der Waals surface area contributed by atoms with Crippen LogP contribution in [-0.4, -0.2) is 57.3 Å². The van der Waals surface area contributed by atoms with E-state index in [1.165, 1.54) is 135 Å². The topological polar surface area (TPSA) is 110 Å². The summed E-state index contributed by atoms with van der Waals surface area (Å²) in [6.45, 7) is 4.00. The Bertz CT molecular complexity index is 946. The van der Waals surface area contributed by atoms with Gasteiger partial charge in [-0.3, -0.25) is 4.79 Å². The van der Waals surface area contributed by atoms with Crippen molar-refractivity contribution in [2.75, 3.05) is 6.61 Å². The molecule has 0 aromatic heterocycles. The molecule has 0 fully saturated rings. The Labute approximate surface area is 353 Å². The van der Waals surface area contributed by atoms with Crippen LogP contribution in [0.15, 0.2) is 48.6 Å². The Kier molecular flexibility index (Phi) is 44.0. The molecule has 0 aliphatic rings. The fourth-order valence-corrected chi connectivity index (χ4v) is 7.31. The van der Waals surface area contributed by atoms with Crippen molar-refractivity contribution in [1.82, 2.24) is 5.32 Å². The highest BCUT2D eigenvalue weighted by Gasteiger charge is 2.28. The van der Waals surface area contributed by atoms with E-state index in [9.17, 15) is 25.2 Å². The minimum atomic E-state index is -1.30. The highest BCUT2D eigenvalue weighted by molar-refractivity contribution is 5.80. The smallest absolute Gasteiger partial charge is 0.249 e. The number of carbonyl (C=O) groups excluding carboxylic acids is 1. The van der Waals surface area contributed by atoms with Crippen molar-refractivity contribution in [2.24, 2.45) is 0 Å². The molecule has 0 bridgehead atoms. The molecule has 0 saturated heterocycles. The highest BCUT2D eigenvalue weighted by atomic mass is 16.3. The molecule has 0 radical (unpaired) electrons. The Morgan fingerprint density at radius 2 is 0.737 bits per heavy atom. The molecule has 5 N–H and O–H groups in total. The molecule has 334 valence electrons. The second kappa shape index (κ2) is 45.4. The zero-order valence-corrected chi connectivity index (χ0v) is 37.6. The zero-order valence-electron chi connectivity index (χ0n) is 37.6. The Balaban J connectivity index is 3.72. The standard InChI is InChI=1S/C51H95NO5/c1-3-5-7-9-11-13-15-16-17-18-19-20-21-22-23-24-25-26-27-28-29-30-31-32-33-35-36-38-40-42-44-48(54)50(56)47(46-53)52-51(57)49(55)45-43-41-39-37-34-14-12-10-8-6-4-2/h12,14,27-28,31-32,36,38,47-50,53-56H,3-11,13,15-26,29-30,33-35,37,39-46H2,1-2H3,(H,52,57)/b14-12-,28-27+,32-31+,38-36+. The number of hydrogen-bond acceptors (Lipinski definition) is 5. The van der Waals surface area contributed by atoms with E-state index in [2.05, 4.69) is 67.8 Å². The maximum absolute atomic E-state index is 12.5. The van der Waals surface area contributed by atoms with Gasteiger partial charge in [-0.2, -0.15) is 0 Å². The van der Waals surface area contributed by atoms with Crippen molar-refractivity contribution in [3.8, 4) is 0 Å². The van der Waals surface area contributed by atoms with Gasteiger partial charge in [0, 0.05) is 0 Å². The summed E-state index contributed by atoms with van der Waals surface area (Å²) in [6, 6.07) is -1.02. The fraction of sp³-hybridized carbons (Fsp3) is 0.824. The molecular weight excluding hydrogens is 707 g/mol. The minimum absolute atomic E-state index is 0.342. The number of rotatable bonds is 44. The van der Waals surface area contributed by atoms with Gasteiger partial charge in [-0.05, 0) is 89.9 Å². The van der Waals surface area contributed by atoms with E-state index in [4.69, 9.17) is 0 Å². The van der Waals surface area contributed by atoms with Gasteiger partial charge in [-0.15, -0.1) is 0 Å². The molecule has 4 atom stereocenters. The van der Waals surface area contributed by atoms with E-state index >= 15 is 0 Å². The summed E-state index contributed by atoms with van der Waals surface area (Å²) in [7, 11) is 0. The van der Waals surface area contributed by atoms with Crippen LogP contribution in [0.1, 0.15) is 239 Å². The van der Waals surface area contributed by atoms with E-state index in [1.807, 2.05) is 0 Å². The van der Waals surface area contributed by atoms with Crippen molar-refractivity contribution in [3.05, 3.63) is 48.6 Å². The van der Waals surface area contributed by atoms with Crippen molar-refractivity contribution < 1.29 is 25.2 Å². The SMILES string of the molecule is CCCCC/C=C\CCCCCCC(O)C(=O)NC(CO)C(O)C(O)CCC/C=C/CC/C=C/CC/C=C/CCCCCCCCCCCCCCCCCCC. The van der Waals surface area contributed by atoms with Crippen molar-refractivity contribution >= 4 is 5.91 Å². The third-order valence-corrected chi connectivity index (χ3v) is 11.2. The van der Waals surface area contributed by atoms with Gasteiger partial charge in [-0.1, -0.05) is 197 Å². The van der Waals surface area contributed by atoms with E-state index in [1.54, 1.807) is 0 Å². The molecule has 4 unspecified atom stereocenters. The van der Waals surface area contributed by atoms with Gasteiger partial charge in [0.25, 0.3) is 0 Å². The number of carbonyl (C=O) groups is 1. The Morgan fingerprint density at radius 3 is 1.14 bits per heavy atom. The molecule has 0 aromatic rings. The average Bonchev–Trinajstić information content (AvgIpc) is 3.22.